The smallest absolute Gasteiger partial charge is 0.0252 e. The van der Waals surface area contributed by atoms with Gasteiger partial charge in [0.25, 0.3) is 0 Å². The summed E-state index contributed by atoms with van der Waals surface area (Å²) in [6, 6.07) is 0. The molecule has 0 atom stereocenters. The molecule has 0 bridgehead atoms. The van der Waals surface area contributed by atoms with Crippen LogP contribution < -0.4 is 5.32 Å². The van der Waals surface area contributed by atoms with Crippen LogP contribution in [0.5, 0.6) is 0 Å². The van der Waals surface area contributed by atoms with Crippen molar-refractivity contribution in [1.29, 1.82) is 0 Å². The predicted octanol–water partition coefficient (Wildman–Crippen LogP) is 2.50. The highest BCUT2D eigenvalue weighted by Crippen LogP contribution is 2.22. The van der Waals surface area contributed by atoms with E-state index in [2.05, 4.69) is 44.8 Å². The van der Waals surface area contributed by atoms with E-state index in [1.54, 1.807) is 0 Å². The third-order valence-corrected chi connectivity index (χ3v) is 3.14. The highest BCUT2D eigenvalue weighted by molar-refractivity contribution is 4.90. The molecule has 0 spiro atoms. The Morgan fingerprint density at radius 1 is 1.13 bits per heavy atom. The van der Waals surface area contributed by atoms with Crippen LogP contribution in [0.1, 0.15) is 47.5 Å². The number of hydrogen-bond acceptors (Lipinski definition) is 2. The molecule has 1 heterocycles. The van der Waals surface area contributed by atoms with Crippen molar-refractivity contribution in [2.24, 2.45) is 5.41 Å². The van der Waals surface area contributed by atoms with Gasteiger partial charge in [0, 0.05) is 25.2 Å². The minimum Gasteiger partial charge on any atom is -0.310 e. The minimum atomic E-state index is 0.265. The van der Waals surface area contributed by atoms with Crippen molar-refractivity contribution >= 4 is 0 Å². The van der Waals surface area contributed by atoms with Gasteiger partial charge in [0.15, 0.2) is 0 Å². The lowest BCUT2D eigenvalue weighted by Crippen LogP contribution is -2.46. The summed E-state index contributed by atoms with van der Waals surface area (Å²) >= 11 is 0. The van der Waals surface area contributed by atoms with E-state index >= 15 is 0 Å². The summed E-state index contributed by atoms with van der Waals surface area (Å²) in [5.74, 6) is 0. The third kappa shape index (κ3) is 4.52. The first kappa shape index (κ1) is 13.0. The van der Waals surface area contributed by atoms with E-state index in [-0.39, 0.29) is 5.54 Å². The van der Waals surface area contributed by atoms with Crippen LogP contribution in [0.3, 0.4) is 0 Å². The summed E-state index contributed by atoms with van der Waals surface area (Å²) in [4.78, 5) is 2.63. The van der Waals surface area contributed by atoms with Crippen molar-refractivity contribution in [3.8, 4) is 0 Å². The Hall–Kier alpha value is -0.0800. The highest BCUT2D eigenvalue weighted by atomic mass is 15.2. The molecule has 90 valence electrons. The van der Waals surface area contributed by atoms with Crippen molar-refractivity contribution < 1.29 is 0 Å². The molecule has 0 amide bonds. The van der Waals surface area contributed by atoms with Crippen LogP contribution in [-0.4, -0.2) is 36.6 Å². The Bertz CT molecular complexity index is 179. The van der Waals surface area contributed by atoms with Gasteiger partial charge in [-0.25, -0.2) is 0 Å². The molecular weight excluding hydrogens is 184 g/mol. The Kier molecular flexibility index (Phi) is 4.19. The van der Waals surface area contributed by atoms with Crippen molar-refractivity contribution in [1.82, 2.24) is 10.2 Å². The summed E-state index contributed by atoms with van der Waals surface area (Å²) in [5.41, 5.74) is 0.670. The number of nitrogens with one attached hydrogen (secondary N) is 1. The van der Waals surface area contributed by atoms with Crippen molar-refractivity contribution in [2.75, 3.05) is 26.2 Å². The van der Waals surface area contributed by atoms with E-state index in [9.17, 15) is 0 Å². The Labute approximate surface area is 95.4 Å². The average molecular weight is 212 g/mol. The average Bonchev–Trinajstić information content (AvgIpc) is 2.20. The molecule has 0 saturated carbocycles. The molecular formula is C13H28N2. The molecule has 1 fully saturated rings. The minimum absolute atomic E-state index is 0.265. The summed E-state index contributed by atoms with van der Waals surface area (Å²) in [7, 11) is 0. The van der Waals surface area contributed by atoms with Gasteiger partial charge in [-0.1, -0.05) is 27.2 Å². The quantitative estimate of drug-likeness (QED) is 0.773. The summed E-state index contributed by atoms with van der Waals surface area (Å²) in [5, 5.41) is 3.68. The van der Waals surface area contributed by atoms with Crippen LogP contribution in [0.4, 0.5) is 0 Å². The van der Waals surface area contributed by atoms with E-state index in [0.717, 1.165) is 6.54 Å². The lowest BCUT2D eigenvalue weighted by Gasteiger charge is -2.30. The fourth-order valence-electron chi connectivity index (χ4n) is 2.35. The SMILES string of the molecule is CCCCN1CC(C)(C)CNC(C)(C)C1. The number of rotatable bonds is 3. The molecule has 1 aliphatic heterocycles. The molecule has 1 N–H and O–H groups in total. The molecule has 1 saturated heterocycles. The van der Waals surface area contributed by atoms with Gasteiger partial charge in [-0.2, -0.15) is 0 Å². The normalized spacial score (nSPS) is 26.2. The van der Waals surface area contributed by atoms with Crippen LogP contribution in [0.25, 0.3) is 0 Å². The second-order valence-corrected chi connectivity index (χ2v) is 6.47. The monoisotopic (exact) mass is 212 g/mol. The molecule has 0 radical (unpaired) electrons. The second-order valence-electron chi connectivity index (χ2n) is 6.47. The van der Waals surface area contributed by atoms with Crippen LogP contribution in [0, 0.1) is 5.41 Å². The largest absolute Gasteiger partial charge is 0.310 e. The fourth-order valence-corrected chi connectivity index (χ4v) is 2.35. The maximum Gasteiger partial charge on any atom is 0.0252 e. The van der Waals surface area contributed by atoms with Crippen molar-refractivity contribution in [2.45, 2.75) is 53.0 Å². The first-order valence-corrected chi connectivity index (χ1v) is 6.32. The predicted molar refractivity (Wildman–Crippen MR) is 67.2 cm³/mol. The Balaban J connectivity index is 2.60. The van der Waals surface area contributed by atoms with Gasteiger partial charge in [0.05, 0.1) is 0 Å². The highest BCUT2D eigenvalue weighted by Gasteiger charge is 2.31. The van der Waals surface area contributed by atoms with E-state index in [0.29, 0.717) is 5.41 Å². The molecule has 0 unspecified atom stereocenters. The molecule has 0 aromatic rings. The molecule has 0 aromatic heterocycles. The van der Waals surface area contributed by atoms with Gasteiger partial charge in [-0.3, -0.25) is 0 Å². The van der Waals surface area contributed by atoms with Crippen LogP contribution >= 0.6 is 0 Å². The van der Waals surface area contributed by atoms with Crippen LogP contribution in [-0.2, 0) is 0 Å². The zero-order chi connectivity index (χ0) is 11.5. The second kappa shape index (κ2) is 4.84. The number of hydrogen-bond donors (Lipinski definition) is 1. The van der Waals surface area contributed by atoms with E-state index in [4.69, 9.17) is 0 Å². The summed E-state index contributed by atoms with van der Waals surface area (Å²) in [6.45, 7) is 16.4. The molecule has 0 aliphatic carbocycles. The van der Waals surface area contributed by atoms with Gasteiger partial charge in [0.2, 0.25) is 0 Å². The van der Waals surface area contributed by atoms with E-state index < -0.39 is 0 Å². The number of nitrogens with zero attached hydrogens (tertiary/aromatic N) is 1. The first-order valence-electron chi connectivity index (χ1n) is 6.32. The molecule has 15 heavy (non-hydrogen) atoms. The van der Waals surface area contributed by atoms with Crippen LogP contribution in [0.2, 0.25) is 0 Å². The molecule has 1 rings (SSSR count). The lowest BCUT2D eigenvalue weighted by atomic mass is 9.93. The Morgan fingerprint density at radius 3 is 2.40 bits per heavy atom. The van der Waals surface area contributed by atoms with Crippen molar-refractivity contribution in [3.05, 3.63) is 0 Å². The van der Waals surface area contributed by atoms with Gasteiger partial charge in [-0.15, -0.1) is 0 Å². The molecule has 1 aliphatic rings. The van der Waals surface area contributed by atoms with E-state index in [1.807, 2.05) is 0 Å². The fraction of sp³-hybridized carbons (Fsp3) is 1.00. The van der Waals surface area contributed by atoms with Gasteiger partial charge in [0.1, 0.15) is 0 Å². The Morgan fingerprint density at radius 2 is 1.80 bits per heavy atom. The lowest BCUT2D eigenvalue weighted by molar-refractivity contribution is 0.188. The van der Waals surface area contributed by atoms with Crippen molar-refractivity contribution in [3.63, 3.8) is 0 Å². The topological polar surface area (TPSA) is 15.3 Å². The summed E-state index contributed by atoms with van der Waals surface area (Å²) < 4.78 is 0. The van der Waals surface area contributed by atoms with Gasteiger partial charge >= 0.3 is 0 Å². The molecule has 2 nitrogen and oxygen atoms in total. The standard InChI is InChI=1S/C13H28N2/c1-6-7-8-15-10-12(2,3)9-14-13(4,5)11-15/h14H,6-11H2,1-5H3. The third-order valence-electron chi connectivity index (χ3n) is 3.14. The first-order chi connectivity index (χ1) is 6.85. The van der Waals surface area contributed by atoms with Gasteiger partial charge in [-0.05, 0) is 32.2 Å². The maximum atomic E-state index is 3.68. The zero-order valence-electron chi connectivity index (χ0n) is 11.2. The summed E-state index contributed by atoms with van der Waals surface area (Å²) in [6.07, 6.45) is 2.62. The van der Waals surface area contributed by atoms with Crippen LogP contribution in [0.15, 0.2) is 0 Å². The zero-order valence-corrected chi connectivity index (χ0v) is 11.2. The van der Waals surface area contributed by atoms with E-state index in [1.165, 1.54) is 32.5 Å². The number of unbranched alkanes of at least 4 members (excludes halogenated alkanes) is 1. The maximum absolute atomic E-state index is 3.68. The van der Waals surface area contributed by atoms with Gasteiger partial charge < -0.3 is 10.2 Å². The molecule has 2 heteroatoms. The molecule has 0 aromatic carbocycles.